The molecule has 3 fully saturated rings. The van der Waals surface area contributed by atoms with Crippen LogP contribution in [-0.4, -0.2) is 36.5 Å². The van der Waals surface area contributed by atoms with Crippen LogP contribution in [-0.2, 0) is 14.3 Å². The van der Waals surface area contributed by atoms with E-state index in [2.05, 4.69) is 17.1 Å². The number of hydrogen-bond donors (Lipinski definition) is 0. The van der Waals surface area contributed by atoms with Gasteiger partial charge in [0.15, 0.2) is 0 Å². The second kappa shape index (κ2) is 4.61. The summed E-state index contributed by atoms with van der Waals surface area (Å²) in [6, 6.07) is 0. The summed E-state index contributed by atoms with van der Waals surface area (Å²) in [5.74, 6) is 2.93. The van der Waals surface area contributed by atoms with E-state index in [1.54, 1.807) is 0 Å². The van der Waals surface area contributed by atoms with E-state index in [9.17, 15) is 9.59 Å². The lowest BCUT2D eigenvalue weighted by Crippen LogP contribution is -2.35. The third-order valence-corrected chi connectivity index (χ3v) is 5.70. The Bertz CT molecular complexity index is 450. The molecule has 0 spiro atoms. The number of carbonyl (C=O) groups is 2. The van der Waals surface area contributed by atoms with Crippen LogP contribution in [0.15, 0.2) is 12.2 Å². The van der Waals surface area contributed by atoms with Gasteiger partial charge in [0.2, 0.25) is 5.91 Å². The van der Waals surface area contributed by atoms with Crippen molar-refractivity contribution in [1.29, 1.82) is 0 Å². The molecule has 5 atom stereocenters. The molecular formula is C16H21NO3. The van der Waals surface area contributed by atoms with E-state index in [4.69, 9.17) is 4.74 Å². The fourth-order valence-corrected chi connectivity index (χ4v) is 4.61. The van der Waals surface area contributed by atoms with E-state index in [1.165, 1.54) is 12.8 Å². The Morgan fingerprint density at radius 3 is 2.35 bits per heavy atom. The average Bonchev–Trinajstić information content (AvgIpc) is 3.07. The molecule has 4 nitrogen and oxygen atoms in total. The number of esters is 1. The number of ether oxygens (including phenoxy) is 1. The Morgan fingerprint density at radius 2 is 1.85 bits per heavy atom. The molecular weight excluding hydrogens is 254 g/mol. The van der Waals surface area contributed by atoms with Crippen LogP contribution in [0.1, 0.15) is 25.7 Å². The van der Waals surface area contributed by atoms with Gasteiger partial charge >= 0.3 is 5.97 Å². The Kier molecular flexibility index (Phi) is 2.86. The number of fused-ring (bicyclic) bond motifs is 1. The smallest absolute Gasteiger partial charge is 0.306 e. The molecule has 0 aromatic rings. The molecule has 2 bridgehead atoms. The van der Waals surface area contributed by atoms with Crippen molar-refractivity contribution in [2.24, 2.45) is 29.6 Å². The van der Waals surface area contributed by atoms with Crippen LogP contribution in [0.25, 0.3) is 0 Å². The van der Waals surface area contributed by atoms with Crippen molar-refractivity contribution >= 4 is 11.9 Å². The molecule has 0 radical (unpaired) electrons. The lowest BCUT2D eigenvalue weighted by Gasteiger charge is -2.40. The zero-order valence-electron chi connectivity index (χ0n) is 11.7. The monoisotopic (exact) mass is 275 g/mol. The third kappa shape index (κ3) is 1.97. The highest BCUT2D eigenvalue weighted by molar-refractivity contribution is 5.79. The maximum Gasteiger partial charge on any atom is 0.306 e. The Labute approximate surface area is 119 Å². The number of amides is 1. The second-order valence-electron chi connectivity index (χ2n) is 6.87. The minimum atomic E-state index is -0.153. The standard InChI is InChI=1S/C16H21NO3/c18-15(5-10-6-16(19)20-9-10)17-7-13-11-1-2-12(4-3-11)14(13)8-17/h1-2,10-14H,3-9H2/t10-,11-,12-,13+,14+/m0/s1. The van der Waals surface area contributed by atoms with Gasteiger partial charge in [-0.2, -0.15) is 0 Å². The number of nitrogens with zero attached hydrogens (tertiary/aromatic N) is 1. The number of carbonyl (C=O) groups excluding carboxylic acids is 2. The van der Waals surface area contributed by atoms with Gasteiger partial charge in [0.05, 0.1) is 13.0 Å². The molecule has 5 rings (SSSR count). The Morgan fingerprint density at radius 1 is 1.20 bits per heavy atom. The first-order chi connectivity index (χ1) is 9.70. The summed E-state index contributed by atoms with van der Waals surface area (Å²) in [6.07, 6.45) is 8.26. The van der Waals surface area contributed by atoms with Gasteiger partial charge in [-0.15, -0.1) is 0 Å². The van der Waals surface area contributed by atoms with Crippen LogP contribution in [0.4, 0.5) is 0 Å². The first-order valence-corrected chi connectivity index (χ1v) is 7.82. The molecule has 20 heavy (non-hydrogen) atoms. The summed E-state index contributed by atoms with van der Waals surface area (Å²) in [4.78, 5) is 25.6. The molecule has 2 heterocycles. The van der Waals surface area contributed by atoms with Crippen molar-refractivity contribution in [3.05, 3.63) is 12.2 Å². The number of likely N-dealkylation sites (tertiary alicyclic amines) is 1. The zero-order valence-corrected chi connectivity index (χ0v) is 11.7. The summed E-state index contributed by atoms with van der Waals surface area (Å²) < 4.78 is 4.95. The highest BCUT2D eigenvalue weighted by Gasteiger charge is 2.47. The van der Waals surface area contributed by atoms with Crippen molar-refractivity contribution in [3.8, 4) is 0 Å². The third-order valence-electron chi connectivity index (χ3n) is 5.70. The van der Waals surface area contributed by atoms with Crippen molar-refractivity contribution < 1.29 is 14.3 Å². The highest BCUT2D eigenvalue weighted by Crippen LogP contribution is 2.48. The summed E-state index contributed by atoms with van der Waals surface area (Å²) in [7, 11) is 0. The summed E-state index contributed by atoms with van der Waals surface area (Å²) >= 11 is 0. The predicted molar refractivity (Wildman–Crippen MR) is 72.6 cm³/mol. The van der Waals surface area contributed by atoms with Crippen molar-refractivity contribution in [3.63, 3.8) is 0 Å². The second-order valence-corrected chi connectivity index (χ2v) is 6.87. The molecule has 108 valence electrons. The molecule has 3 aliphatic carbocycles. The van der Waals surface area contributed by atoms with E-state index in [0.29, 0.717) is 43.1 Å². The molecule has 2 aliphatic heterocycles. The van der Waals surface area contributed by atoms with Gasteiger partial charge in [-0.05, 0) is 36.5 Å². The molecule has 0 N–H and O–H groups in total. The molecule has 5 aliphatic rings. The van der Waals surface area contributed by atoms with Crippen LogP contribution in [0.5, 0.6) is 0 Å². The molecule has 0 aromatic carbocycles. The van der Waals surface area contributed by atoms with Crippen molar-refractivity contribution in [1.82, 2.24) is 4.90 Å². The maximum atomic E-state index is 12.4. The van der Waals surface area contributed by atoms with Gasteiger partial charge < -0.3 is 9.64 Å². The van der Waals surface area contributed by atoms with Gasteiger partial charge in [0.25, 0.3) is 0 Å². The van der Waals surface area contributed by atoms with Gasteiger partial charge in [-0.1, -0.05) is 12.2 Å². The van der Waals surface area contributed by atoms with Gasteiger partial charge in [0, 0.05) is 25.4 Å². The summed E-state index contributed by atoms with van der Waals surface area (Å²) in [5, 5.41) is 0. The van der Waals surface area contributed by atoms with E-state index >= 15 is 0 Å². The first kappa shape index (κ1) is 12.4. The van der Waals surface area contributed by atoms with Gasteiger partial charge in [0.1, 0.15) is 0 Å². The highest BCUT2D eigenvalue weighted by atomic mass is 16.5. The van der Waals surface area contributed by atoms with E-state index in [1.807, 2.05) is 0 Å². The Hall–Kier alpha value is -1.32. The van der Waals surface area contributed by atoms with Crippen LogP contribution in [0, 0.1) is 29.6 Å². The van der Waals surface area contributed by atoms with Gasteiger partial charge in [-0.25, -0.2) is 0 Å². The minimum absolute atomic E-state index is 0.104. The summed E-state index contributed by atoms with van der Waals surface area (Å²) in [5.41, 5.74) is 0. The lowest BCUT2D eigenvalue weighted by molar-refractivity contribution is -0.138. The van der Waals surface area contributed by atoms with E-state index in [-0.39, 0.29) is 17.8 Å². The molecule has 2 saturated heterocycles. The SMILES string of the molecule is O=C1C[C@H](CC(=O)N2C[C@H]3[C@H](C2)[C@H]2C=C[C@H]3CC2)CO1. The number of cyclic esters (lactones) is 1. The maximum absolute atomic E-state index is 12.4. The van der Waals surface area contributed by atoms with Crippen LogP contribution >= 0.6 is 0 Å². The molecule has 1 saturated carbocycles. The normalized spacial score (nSPS) is 41.9. The number of rotatable bonds is 2. The summed E-state index contributed by atoms with van der Waals surface area (Å²) in [6.45, 7) is 2.28. The fraction of sp³-hybridized carbons (Fsp3) is 0.750. The number of allylic oxidation sites excluding steroid dienone is 2. The molecule has 0 unspecified atom stereocenters. The largest absolute Gasteiger partial charge is 0.465 e. The van der Waals surface area contributed by atoms with Crippen LogP contribution < -0.4 is 0 Å². The topological polar surface area (TPSA) is 46.6 Å². The lowest BCUT2D eigenvalue weighted by atomic mass is 9.64. The molecule has 0 aromatic heterocycles. The molecule has 1 amide bonds. The van der Waals surface area contributed by atoms with Crippen molar-refractivity contribution in [2.75, 3.05) is 19.7 Å². The fourth-order valence-electron chi connectivity index (χ4n) is 4.61. The first-order valence-electron chi connectivity index (χ1n) is 7.82. The van der Waals surface area contributed by atoms with Crippen LogP contribution in [0.3, 0.4) is 0 Å². The average molecular weight is 275 g/mol. The minimum Gasteiger partial charge on any atom is -0.465 e. The van der Waals surface area contributed by atoms with Gasteiger partial charge in [-0.3, -0.25) is 9.59 Å². The van der Waals surface area contributed by atoms with Crippen LogP contribution in [0.2, 0.25) is 0 Å². The van der Waals surface area contributed by atoms with E-state index in [0.717, 1.165) is 13.1 Å². The quantitative estimate of drug-likeness (QED) is 0.568. The van der Waals surface area contributed by atoms with E-state index < -0.39 is 0 Å². The zero-order chi connectivity index (χ0) is 13.7. The van der Waals surface area contributed by atoms with Crippen molar-refractivity contribution in [2.45, 2.75) is 25.7 Å². The Balaban J connectivity index is 1.39. The predicted octanol–water partition coefficient (Wildman–Crippen LogP) is 1.61. The number of hydrogen-bond acceptors (Lipinski definition) is 3. The molecule has 4 heteroatoms.